The maximum Gasteiger partial charge on any atom is 0.167 e. The van der Waals surface area contributed by atoms with E-state index in [1.807, 2.05) is 30.3 Å². The monoisotopic (exact) mass is 208 g/mol. The minimum absolute atomic E-state index is 0.386. The Morgan fingerprint density at radius 3 is 2.57 bits per heavy atom. The normalized spacial score (nSPS) is 10.4. The van der Waals surface area contributed by atoms with Crippen LogP contribution >= 0.6 is 11.6 Å². The molecule has 0 radical (unpaired) electrons. The maximum atomic E-state index is 5.77. The summed E-state index contributed by atoms with van der Waals surface area (Å²) in [4.78, 5) is 0. The summed E-state index contributed by atoms with van der Waals surface area (Å²) in [5, 5.41) is 4.50. The fourth-order valence-corrected chi connectivity index (χ4v) is 1.28. The number of aromatic nitrogens is 1. The van der Waals surface area contributed by atoms with E-state index < -0.39 is 0 Å². The van der Waals surface area contributed by atoms with Gasteiger partial charge in [0.2, 0.25) is 0 Å². The number of nitrogens with two attached hydrogens (primary N) is 1. The van der Waals surface area contributed by atoms with Crippen molar-refractivity contribution < 1.29 is 4.52 Å². The van der Waals surface area contributed by atoms with Crippen LogP contribution in [0.4, 0.5) is 0 Å². The third kappa shape index (κ3) is 1.78. The van der Waals surface area contributed by atoms with Crippen molar-refractivity contribution in [1.82, 2.24) is 5.16 Å². The van der Waals surface area contributed by atoms with E-state index in [9.17, 15) is 0 Å². The van der Waals surface area contributed by atoms with Crippen LogP contribution in [-0.2, 0) is 6.54 Å². The molecule has 0 saturated carbocycles. The van der Waals surface area contributed by atoms with E-state index in [4.69, 9.17) is 21.9 Å². The average molecular weight is 209 g/mol. The predicted molar refractivity (Wildman–Crippen MR) is 54.8 cm³/mol. The molecule has 0 bridgehead atoms. The molecule has 0 atom stereocenters. The summed E-state index contributed by atoms with van der Waals surface area (Å²) in [7, 11) is 0. The molecule has 72 valence electrons. The third-order valence-electron chi connectivity index (χ3n) is 1.90. The van der Waals surface area contributed by atoms with Gasteiger partial charge in [-0.15, -0.1) is 0 Å². The van der Waals surface area contributed by atoms with Gasteiger partial charge >= 0.3 is 0 Å². The van der Waals surface area contributed by atoms with Gasteiger partial charge in [-0.2, -0.15) is 0 Å². The predicted octanol–water partition coefficient (Wildman–Crippen LogP) is 2.45. The summed E-state index contributed by atoms with van der Waals surface area (Å²) in [5.74, 6) is 0.710. The first kappa shape index (κ1) is 9.24. The van der Waals surface area contributed by atoms with Gasteiger partial charge in [0.05, 0.1) is 5.69 Å². The van der Waals surface area contributed by atoms with Crippen LogP contribution in [0, 0.1) is 0 Å². The highest BCUT2D eigenvalue weighted by Crippen LogP contribution is 2.21. The first-order chi connectivity index (χ1) is 6.79. The highest BCUT2D eigenvalue weighted by atomic mass is 35.5. The highest BCUT2D eigenvalue weighted by molar-refractivity contribution is 6.30. The van der Waals surface area contributed by atoms with E-state index in [1.54, 1.807) is 0 Å². The molecule has 0 amide bonds. The molecule has 2 aromatic rings. The van der Waals surface area contributed by atoms with Crippen molar-refractivity contribution in [1.29, 1.82) is 0 Å². The fraction of sp³-hybridized carbons (Fsp3) is 0.100. The van der Waals surface area contributed by atoms with Crippen molar-refractivity contribution in [3.63, 3.8) is 0 Å². The second-order valence-corrected chi connectivity index (χ2v) is 3.33. The molecule has 0 unspecified atom stereocenters. The van der Waals surface area contributed by atoms with E-state index in [0.29, 0.717) is 17.3 Å². The van der Waals surface area contributed by atoms with Gasteiger partial charge in [-0.05, 0) is 24.3 Å². The summed E-state index contributed by atoms with van der Waals surface area (Å²) < 4.78 is 5.11. The van der Waals surface area contributed by atoms with Crippen molar-refractivity contribution >= 4 is 11.6 Å². The SMILES string of the molecule is NCc1cc(-c2ccc(Cl)cc2)on1. The number of rotatable bonds is 2. The average Bonchev–Trinajstić information content (AvgIpc) is 2.67. The molecule has 0 aliphatic rings. The number of halogens is 1. The molecule has 2 N–H and O–H groups in total. The minimum Gasteiger partial charge on any atom is -0.356 e. The fourth-order valence-electron chi connectivity index (χ4n) is 1.16. The van der Waals surface area contributed by atoms with Gasteiger partial charge in [-0.25, -0.2) is 0 Å². The van der Waals surface area contributed by atoms with Crippen LogP contribution in [-0.4, -0.2) is 5.16 Å². The molecule has 4 heteroatoms. The molecule has 2 rings (SSSR count). The zero-order chi connectivity index (χ0) is 9.97. The molecule has 1 aromatic carbocycles. The van der Waals surface area contributed by atoms with Gasteiger partial charge in [0, 0.05) is 23.2 Å². The lowest BCUT2D eigenvalue weighted by Gasteiger charge is -1.93. The van der Waals surface area contributed by atoms with E-state index >= 15 is 0 Å². The van der Waals surface area contributed by atoms with Crippen molar-refractivity contribution in [3.8, 4) is 11.3 Å². The molecule has 0 fully saturated rings. The molecule has 0 aliphatic carbocycles. The van der Waals surface area contributed by atoms with Crippen molar-refractivity contribution in [2.45, 2.75) is 6.54 Å². The Labute approximate surface area is 86.5 Å². The Bertz CT molecular complexity index is 422. The Balaban J connectivity index is 2.34. The quantitative estimate of drug-likeness (QED) is 0.825. The summed E-state index contributed by atoms with van der Waals surface area (Å²) in [5.41, 5.74) is 7.11. The molecule has 3 nitrogen and oxygen atoms in total. The maximum absolute atomic E-state index is 5.77. The van der Waals surface area contributed by atoms with Gasteiger partial charge in [-0.3, -0.25) is 0 Å². The summed E-state index contributed by atoms with van der Waals surface area (Å²) >= 11 is 5.77. The standard InChI is InChI=1S/C10H9ClN2O/c11-8-3-1-7(2-4-8)10-5-9(6-12)13-14-10/h1-5H,6,12H2. The lowest BCUT2D eigenvalue weighted by molar-refractivity contribution is 0.424. The Kier molecular flexibility index (Phi) is 2.52. The van der Waals surface area contributed by atoms with Crippen LogP contribution in [0.1, 0.15) is 5.69 Å². The highest BCUT2D eigenvalue weighted by Gasteiger charge is 2.04. The molecule has 1 heterocycles. The van der Waals surface area contributed by atoms with Crippen LogP contribution in [0.2, 0.25) is 5.02 Å². The summed E-state index contributed by atoms with van der Waals surface area (Å²) in [6.07, 6.45) is 0. The molecule has 0 saturated heterocycles. The summed E-state index contributed by atoms with van der Waals surface area (Å²) in [6, 6.07) is 9.19. The molecular formula is C10H9ClN2O. The van der Waals surface area contributed by atoms with Crippen LogP contribution in [0.3, 0.4) is 0 Å². The zero-order valence-electron chi connectivity index (χ0n) is 7.40. The van der Waals surface area contributed by atoms with Gasteiger partial charge < -0.3 is 10.3 Å². The molecule has 14 heavy (non-hydrogen) atoms. The van der Waals surface area contributed by atoms with E-state index in [1.165, 1.54) is 0 Å². The van der Waals surface area contributed by atoms with Crippen molar-refractivity contribution in [2.75, 3.05) is 0 Å². The number of hydrogen-bond donors (Lipinski definition) is 1. The minimum atomic E-state index is 0.386. The second kappa shape index (κ2) is 3.82. The van der Waals surface area contributed by atoms with Crippen molar-refractivity contribution in [2.24, 2.45) is 5.73 Å². The van der Waals surface area contributed by atoms with E-state index in [-0.39, 0.29) is 0 Å². The molecule has 0 spiro atoms. The largest absolute Gasteiger partial charge is 0.356 e. The molecule has 1 aromatic heterocycles. The first-order valence-electron chi connectivity index (χ1n) is 4.21. The second-order valence-electron chi connectivity index (χ2n) is 2.89. The lowest BCUT2D eigenvalue weighted by atomic mass is 10.2. The van der Waals surface area contributed by atoms with E-state index in [2.05, 4.69) is 5.16 Å². The first-order valence-corrected chi connectivity index (χ1v) is 4.59. The Hall–Kier alpha value is -1.32. The molecule has 0 aliphatic heterocycles. The zero-order valence-corrected chi connectivity index (χ0v) is 8.16. The Morgan fingerprint density at radius 1 is 1.29 bits per heavy atom. The van der Waals surface area contributed by atoms with Crippen LogP contribution in [0.25, 0.3) is 11.3 Å². The smallest absolute Gasteiger partial charge is 0.167 e. The number of hydrogen-bond acceptors (Lipinski definition) is 3. The van der Waals surface area contributed by atoms with Crippen LogP contribution < -0.4 is 5.73 Å². The van der Waals surface area contributed by atoms with Crippen molar-refractivity contribution in [3.05, 3.63) is 41.0 Å². The summed E-state index contributed by atoms with van der Waals surface area (Å²) in [6.45, 7) is 0.386. The third-order valence-corrected chi connectivity index (χ3v) is 2.15. The Morgan fingerprint density at radius 2 is 2.00 bits per heavy atom. The van der Waals surface area contributed by atoms with Gasteiger partial charge in [0.25, 0.3) is 0 Å². The van der Waals surface area contributed by atoms with Gasteiger partial charge in [0.1, 0.15) is 0 Å². The lowest BCUT2D eigenvalue weighted by Crippen LogP contribution is -1.94. The number of benzene rings is 1. The van der Waals surface area contributed by atoms with Gasteiger partial charge in [0.15, 0.2) is 5.76 Å². The molecular weight excluding hydrogens is 200 g/mol. The van der Waals surface area contributed by atoms with E-state index in [0.717, 1.165) is 11.3 Å². The number of nitrogens with zero attached hydrogens (tertiary/aromatic N) is 1. The van der Waals surface area contributed by atoms with Gasteiger partial charge in [-0.1, -0.05) is 16.8 Å². The topological polar surface area (TPSA) is 52.0 Å². The van der Waals surface area contributed by atoms with Crippen LogP contribution in [0.15, 0.2) is 34.9 Å². The van der Waals surface area contributed by atoms with Crippen LogP contribution in [0.5, 0.6) is 0 Å².